The van der Waals surface area contributed by atoms with E-state index in [9.17, 15) is 0 Å². The predicted octanol–water partition coefficient (Wildman–Crippen LogP) is 2.36. The maximum absolute atomic E-state index is 5.48. The Kier molecular flexibility index (Phi) is 4.75. The van der Waals surface area contributed by atoms with Crippen molar-refractivity contribution in [2.75, 3.05) is 33.3 Å². The third kappa shape index (κ3) is 2.91. The molecule has 1 fully saturated rings. The topological polar surface area (TPSA) is 24.5 Å². The van der Waals surface area contributed by atoms with Gasteiger partial charge in [0.15, 0.2) is 0 Å². The Morgan fingerprint density at radius 1 is 1.11 bits per heavy atom. The lowest BCUT2D eigenvalue weighted by Gasteiger charge is -2.34. The number of piperazine rings is 1. The van der Waals surface area contributed by atoms with Gasteiger partial charge in [-0.05, 0) is 25.0 Å². The third-order valence-electron chi connectivity index (χ3n) is 3.94. The van der Waals surface area contributed by atoms with E-state index in [4.69, 9.17) is 4.74 Å². The highest BCUT2D eigenvalue weighted by atomic mass is 16.5. The van der Waals surface area contributed by atoms with Crippen LogP contribution in [0.25, 0.3) is 0 Å². The van der Waals surface area contributed by atoms with E-state index in [0.29, 0.717) is 6.04 Å². The Hall–Kier alpha value is -0.900. The van der Waals surface area contributed by atoms with Crippen LogP contribution in [-0.4, -0.2) is 38.2 Å². The minimum atomic E-state index is 0.159. The standard InChI is InChI=1S/C15H24N2O/c1-12(17-10-8-16-9-11-17)14-6-4-5-7-15(14)13(2)18-3/h4-7,12-13,16H,8-11H2,1-3H3. The van der Waals surface area contributed by atoms with Crippen LogP contribution in [0.3, 0.4) is 0 Å². The first kappa shape index (κ1) is 13.5. The first-order chi connectivity index (χ1) is 8.74. The molecule has 100 valence electrons. The molecule has 1 aliphatic rings. The number of methoxy groups -OCH3 is 1. The molecule has 1 heterocycles. The van der Waals surface area contributed by atoms with Gasteiger partial charge >= 0.3 is 0 Å². The summed E-state index contributed by atoms with van der Waals surface area (Å²) in [5.74, 6) is 0. The highest BCUT2D eigenvalue weighted by molar-refractivity contribution is 5.31. The molecule has 2 unspecified atom stereocenters. The molecule has 18 heavy (non-hydrogen) atoms. The second-order valence-corrected chi connectivity index (χ2v) is 4.97. The number of rotatable bonds is 4. The van der Waals surface area contributed by atoms with Crippen LogP contribution >= 0.6 is 0 Å². The predicted molar refractivity (Wildman–Crippen MR) is 74.7 cm³/mol. The number of nitrogens with one attached hydrogen (secondary N) is 1. The molecular weight excluding hydrogens is 224 g/mol. The fourth-order valence-corrected chi connectivity index (χ4v) is 2.65. The first-order valence-electron chi connectivity index (χ1n) is 6.80. The fraction of sp³-hybridized carbons (Fsp3) is 0.600. The zero-order valence-corrected chi connectivity index (χ0v) is 11.6. The van der Waals surface area contributed by atoms with Gasteiger partial charge in [0, 0.05) is 39.3 Å². The number of nitrogens with zero attached hydrogens (tertiary/aromatic N) is 1. The summed E-state index contributed by atoms with van der Waals surface area (Å²) in [5.41, 5.74) is 2.71. The van der Waals surface area contributed by atoms with Gasteiger partial charge in [-0.25, -0.2) is 0 Å². The molecule has 0 amide bonds. The average molecular weight is 248 g/mol. The molecule has 1 aromatic carbocycles. The van der Waals surface area contributed by atoms with Crippen LogP contribution < -0.4 is 5.32 Å². The maximum Gasteiger partial charge on any atom is 0.0796 e. The summed E-state index contributed by atoms with van der Waals surface area (Å²) >= 11 is 0. The summed E-state index contributed by atoms with van der Waals surface area (Å²) in [6.07, 6.45) is 0.159. The Morgan fingerprint density at radius 3 is 2.33 bits per heavy atom. The molecule has 2 rings (SSSR count). The average Bonchev–Trinajstić information content (AvgIpc) is 2.46. The quantitative estimate of drug-likeness (QED) is 0.885. The Morgan fingerprint density at radius 2 is 1.72 bits per heavy atom. The maximum atomic E-state index is 5.48. The third-order valence-corrected chi connectivity index (χ3v) is 3.94. The van der Waals surface area contributed by atoms with Gasteiger partial charge in [-0.2, -0.15) is 0 Å². The molecule has 3 nitrogen and oxygen atoms in total. The minimum Gasteiger partial charge on any atom is -0.377 e. The van der Waals surface area contributed by atoms with Gasteiger partial charge < -0.3 is 10.1 Å². The highest BCUT2D eigenvalue weighted by Gasteiger charge is 2.21. The smallest absolute Gasteiger partial charge is 0.0796 e. The molecular formula is C15H24N2O. The Balaban J connectivity index is 2.20. The summed E-state index contributed by atoms with van der Waals surface area (Å²) in [6.45, 7) is 8.84. The van der Waals surface area contributed by atoms with Gasteiger partial charge in [0.05, 0.1) is 6.10 Å². The van der Waals surface area contributed by atoms with E-state index in [1.165, 1.54) is 11.1 Å². The van der Waals surface area contributed by atoms with Crippen LogP contribution in [0.5, 0.6) is 0 Å². The van der Waals surface area contributed by atoms with E-state index in [-0.39, 0.29) is 6.10 Å². The van der Waals surface area contributed by atoms with Crippen molar-refractivity contribution < 1.29 is 4.74 Å². The highest BCUT2D eigenvalue weighted by Crippen LogP contribution is 2.29. The number of hydrogen-bond acceptors (Lipinski definition) is 3. The van der Waals surface area contributed by atoms with E-state index >= 15 is 0 Å². The molecule has 2 atom stereocenters. The lowest BCUT2D eigenvalue weighted by atomic mass is 9.96. The van der Waals surface area contributed by atoms with E-state index in [1.807, 2.05) is 0 Å². The zero-order chi connectivity index (χ0) is 13.0. The van der Waals surface area contributed by atoms with E-state index < -0.39 is 0 Å². The van der Waals surface area contributed by atoms with Gasteiger partial charge in [0.25, 0.3) is 0 Å². The SMILES string of the molecule is COC(C)c1ccccc1C(C)N1CCNCC1. The molecule has 1 N–H and O–H groups in total. The zero-order valence-electron chi connectivity index (χ0n) is 11.6. The largest absolute Gasteiger partial charge is 0.377 e. The van der Waals surface area contributed by atoms with Gasteiger partial charge in [0.2, 0.25) is 0 Å². The minimum absolute atomic E-state index is 0.159. The van der Waals surface area contributed by atoms with Crippen LogP contribution in [0.2, 0.25) is 0 Å². The van der Waals surface area contributed by atoms with Crippen molar-refractivity contribution >= 4 is 0 Å². The Labute approximate surface area is 110 Å². The van der Waals surface area contributed by atoms with E-state index in [2.05, 4.69) is 48.3 Å². The summed E-state index contributed by atoms with van der Waals surface area (Å²) in [6, 6.07) is 9.10. The summed E-state index contributed by atoms with van der Waals surface area (Å²) in [4.78, 5) is 2.54. The lowest BCUT2D eigenvalue weighted by molar-refractivity contribution is 0.115. The van der Waals surface area contributed by atoms with Crippen molar-refractivity contribution in [3.8, 4) is 0 Å². The molecule has 0 saturated carbocycles. The molecule has 3 heteroatoms. The molecule has 0 bridgehead atoms. The molecule has 0 aliphatic carbocycles. The van der Waals surface area contributed by atoms with Gasteiger partial charge in [-0.3, -0.25) is 4.90 Å². The van der Waals surface area contributed by atoms with E-state index in [1.54, 1.807) is 7.11 Å². The number of ether oxygens (including phenoxy) is 1. The fourth-order valence-electron chi connectivity index (χ4n) is 2.65. The van der Waals surface area contributed by atoms with Crippen molar-refractivity contribution in [3.05, 3.63) is 35.4 Å². The van der Waals surface area contributed by atoms with Crippen LogP contribution in [-0.2, 0) is 4.74 Å². The Bertz CT molecular complexity index is 375. The summed E-state index contributed by atoms with van der Waals surface area (Å²) in [5, 5.41) is 3.40. The van der Waals surface area contributed by atoms with Gasteiger partial charge in [0.1, 0.15) is 0 Å². The van der Waals surface area contributed by atoms with Crippen LogP contribution in [0.1, 0.15) is 37.1 Å². The van der Waals surface area contributed by atoms with Crippen LogP contribution in [0.4, 0.5) is 0 Å². The molecule has 1 aromatic rings. The molecule has 0 spiro atoms. The van der Waals surface area contributed by atoms with Gasteiger partial charge in [-0.15, -0.1) is 0 Å². The van der Waals surface area contributed by atoms with Crippen LogP contribution in [0.15, 0.2) is 24.3 Å². The van der Waals surface area contributed by atoms with Crippen molar-refractivity contribution in [1.29, 1.82) is 0 Å². The van der Waals surface area contributed by atoms with Crippen molar-refractivity contribution in [1.82, 2.24) is 10.2 Å². The summed E-state index contributed by atoms with van der Waals surface area (Å²) < 4.78 is 5.48. The first-order valence-corrected chi connectivity index (χ1v) is 6.80. The number of hydrogen-bond donors (Lipinski definition) is 1. The van der Waals surface area contributed by atoms with E-state index in [0.717, 1.165) is 26.2 Å². The second kappa shape index (κ2) is 6.32. The van der Waals surface area contributed by atoms with Crippen LogP contribution in [0, 0.1) is 0 Å². The second-order valence-electron chi connectivity index (χ2n) is 4.97. The van der Waals surface area contributed by atoms with Crippen molar-refractivity contribution in [2.24, 2.45) is 0 Å². The lowest BCUT2D eigenvalue weighted by Crippen LogP contribution is -2.44. The van der Waals surface area contributed by atoms with Crippen molar-refractivity contribution in [2.45, 2.75) is 26.0 Å². The monoisotopic (exact) mass is 248 g/mol. The normalized spacial score (nSPS) is 20.6. The van der Waals surface area contributed by atoms with Crippen molar-refractivity contribution in [3.63, 3.8) is 0 Å². The molecule has 1 aliphatic heterocycles. The molecule has 0 radical (unpaired) electrons. The molecule has 1 saturated heterocycles. The van der Waals surface area contributed by atoms with Gasteiger partial charge in [-0.1, -0.05) is 24.3 Å². The molecule has 0 aromatic heterocycles. The summed E-state index contributed by atoms with van der Waals surface area (Å²) in [7, 11) is 1.77. The number of benzene rings is 1.